The van der Waals surface area contributed by atoms with Crippen LogP contribution in [0.4, 0.5) is 0 Å². The molecule has 19 heavy (non-hydrogen) atoms. The van der Waals surface area contributed by atoms with Gasteiger partial charge < -0.3 is 4.90 Å². The van der Waals surface area contributed by atoms with Gasteiger partial charge in [-0.15, -0.1) is 6.58 Å². The number of allylic oxidation sites excluding steroid dienone is 1. The van der Waals surface area contributed by atoms with Gasteiger partial charge in [0.2, 0.25) is 0 Å². The Kier molecular flexibility index (Phi) is 4.62. The van der Waals surface area contributed by atoms with Crippen molar-refractivity contribution < 1.29 is 0 Å². The monoisotopic (exact) mass is 253 g/mol. The fraction of sp³-hybridized carbons (Fsp3) is 0.333. The van der Waals surface area contributed by atoms with Crippen molar-refractivity contribution in [1.29, 1.82) is 0 Å². The van der Waals surface area contributed by atoms with Gasteiger partial charge in [0.1, 0.15) is 0 Å². The fourth-order valence-electron chi connectivity index (χ4n) is 2.29. The third-order valence-electron chi connectivity index (χ3n) is 3.46. The van der Waals surface area contributed by atoms with Crippen molar-refractivity contribution in [1.82, 2.24) is 4.90 Å². The Labute approximate surface area is 116 Å². The van der Waals surface area contributed by atoms with E-state index < -0.39 is 0 Å². The lowest BCUT2D eigenvalue weighted by Gasteiger charge is -2.26. The van der Waals surface area contributed by atoms with Gasteiger partial charge in [0.25, 0.3) is 0 Å². The molecule has 2 rings (SSSR count). The van der Waals surface area contributed by atoms with Crippen molar-refractivity contribution in [3.63, 3.8) is 0 Å². The topological polar surface area (TPSA) is 3.24 Å². The first-order valence-electron chi connectivity index (χ1n) is 6.97. The average molecular weight is 253 g/mol. The van der Waals surface area contributed by atoms with Crippen molar-refractivity contribution in [2.75, 3.05) is 13.1 Å². The number of hydrogen-bond donors (Lipinski definition) is 0. The van der Waals surface area contributed by atoms with Crippen LogP contribution in [0.3, 0.4) is 0 Å². The Morgan fingerprint density at radius 3 is 2.58 bits per heavy atom. The van der Waals surface area contributed by atoms with Crippen molar-refractivity contribution in [2.24, 2.45) is 5.92 Å². The summed E-state index contributed by atoms with van der Waals surface area (Å²) in [6.45, 7) is 12.1. The van der Waals surface area contributed by atoms with Gasteiger partial charge >= 0.3 is 0 Å². The SMILES string of the molecule is C=CCN(C/C(C)=C\c1ccccc1)C(=C)C1CC1. The number of nitrogens with zero attached hydrogens (tertiary/aromatic N) is 1. The third kappa shape index (κ3) is 4.13. The molecule has 1 aromatic rings. The molecule has 1 nitrogen and oxygen atoms in total. The van der Waals surface area contributed by atoms with Crippen LogP contribution in [0.1, 0.15) is 25.3 Å². The summed E-state index contributed by atoms with van der Waals surface area (Å²) < 4.78 is 0. The van der Waals surface area contributed by atoms with Gasteiger partial charge in [-0.1, -0.05) is 54.6 Å². The van der Waals surface area contributed by atoms with Crippen LogP contribution in [0.2, 0.25) is 0 Å². The molecule has 0 amide bonds. The summed E-state index contributed by atoms with van der Waals surface area (Å²) in [4.78, 5) is 2.35. The fourth-order valence-corrected chi connectivity index (χ4v) is 2.29. The van der Waals surface area contributed by atoms with E-state index in [0.717, 1.165) is 13.1 Å². The van der Waals surface area contributed by atoms with E-state index in [2.05, 4.69) is 55.3 Å². The normalized spacial score (nSPS) is 15.1. The Morgan fingerprint density at radius 1 is 1.32 bits per heavy atom. The summed E-state index contributed by atoms with van der Waals surface area (Å²) in [6, 6.07) is 10.5. The average Bonchev–Trinajstić information content (AvgIpc) is 3.23. The van der Waals surface area contributed by atoms with Crippen LogP contribution < -0.4 is 0 Å². The van der Waals surface area contributed by atoms with E-state index >= 15 is 0 Å². The van der Waals surface area contributed by atoms with Crippen LogP contribution in [-0.2, 0) is 0 Å². The minimum absolute atomic E-state index is 0.712. The number of hydrogen-bond acceptors (Lipinski definition) is 1. The molecular weight excluding hydrogens is 230 g/mol. The maximum absolute atomic E-state index is 4.25. The van der Waals surface area contributed by atoms with E-state index in [1.54, 1.807) is 0 Å². The molecule has 0 unspecified atom stereocenters. The third-order valence-corrected chi connectivity index (χ3v) is 3.46. The zero-order valence-electron chi connectivity index (χ0n) is 11.8. The predicted octanol–water partition coefficient (Wildman–Crippen LogP) is 4.50. The Morgan fingerprint density at radius 2 is 2.00 bits per heavy atom. The number of rotatable bonds is 7. The van der Waals surface area contributed by atoms with Gasteiger partial charge in [0, 0.05) is 18.8 Å². The van der Waals surface area contributed by atoms with Crippen molar-refractivity contribution in [3.05, 3.63) is 66.4 Å². The molecule has 0 saturated heterocycles. The van der Waals surface area contributed by atoms with E-state index in [4.69, 9.17) is 0 Å². The van der Waals surface area contributed by atoms with Gasteiger partial charge in [-0.25, -0.2) is 0 Å². The highest BCUT2D eigenvalue weighted by Gasteiger charge is 2.27. The largest absolute Gasteiger partial charge is 0.367 e. The van der Waals surface area contributed by atoms with E-state index in [0.29, 0.717) is 5.92 Å². The van der Waals surface area contributed by atoms with Crippen molar-refractivity contribution in [3.8, 4) is 0 Å². The molecular formula is C18H23N. The molecule has 0 aliphatic heterocycles. The summed E-state index contributed by atoms with van der Waals surface area (Å²) in [6.07, 6.45) is 6.81. The van der Waals surface area contributed by atoms with E-state index in [1.807, 2.05) is 12.1 Å². The first-order valence-corrected chi connectivity index (χ1v) is 6.97. The van der Waals surface area contributed by atoms with Crippen molar-refractivity contribution in [2.45, 2.75) is 19.8 Å². The molecule has 0 aromatic heterocycles. The summed E-state index contributed by atoms with van der Waals surface area (Å²) in [5, 5.41) is 0. The smallest absolute Gasteiger partial charge is 0.0389 e. The quantitative estimate of drug-likeness (QED) is 0.647. The van der Waals surface area contributed by atoms with Gasteiger partial charge in [-0.3, -0.25) is 0 Å². The standard InChI is InChI=1S/C18H23N/c1-4-12-19(16(3)18-10-11-18)14-15(2)13-17-8-6-5-7-9-17/h4-9,13,18H,1,3,10-12,14H2,2H3/b15-13-. The lowest BCUT2D eigenvalue weighted by Crippen LogP contribution is -2.25. The molecule has 0 radical (unpaired) electrons. The second-order valence-electron chi connectivity index (χ2n) is 5.34. The molecule has 100 valence electrons. The van der Waals surface area contributed by atoms with Crippen LogP contribution in [0.25, 0.3) is 6.08 Å². The van der Waals surface area contributed by atoms with Gasteiger partial charge in [-0.05, 0) is 31.2 Å². The van der Waals surface area contributed by atoms with Crippen LogP contribution in [0.15, 0.2) is 60.8 Å². The number of benzene rings is 1. The molecule has 1 aromatic carbocycles. The van der Waals surface area contributed by atoms with E-state index in [-0.39, 0.29) is 0 Å². The zero-order chi connectivity index (χ0) is 13.7. The highest BCUT2D eigenvalue weighted by molar-refractivity contribution is 5.52. The highest BCUT2D eigenvalue weighted by atomic mass is 15.1. The van der Waals surface area contributed by atoms with E-state index in [1.165, 1.54) is 29.7 Å². The molecule has 1 heteroatoms. The maximum Gasteiger partial charge on any atom is 0.0389 e. The highest BCUT2D eigenvalue weighted by Crippen LogP contribution is 2.37. The summed E-state index contributed by atoms with van der Waals surface area (Å²) >= 11 is 0. The molecule has 0 spiro atoms. The second-order valence-corrected chi connectivity index (χ2v) is 5.34. The first kappa shape index (κ1) is 13.7. The molecule has 1 saturated carbocycles. The Hall–Kier alpha value is -1.76. The lowest BCUT2D eigenvalue weighted by atomic mass is 10.1. The van der Waals surface area contributed by atoms with Gasteiger partial charge in [0.05, 0.1) is 0 Å². The molecule has 0 heterocycles. The van der Waals surface area contributed by atoms with Gasteiger partial charge in [-0.2, -0.15) is 0 Å². The minimum atomic E-state index is 0.712. The zero-order valence-corrected chi connectivity index (χ0v) is 11.8. The molecule has 0 N–H and O–H groups in total. The first-order chi connectivity index (χ1) is 9.20. The van der Waals surface area contributed by atoms with Crippen LogP contribution >= 0.6 is 0 Å². The minimum Gasteiger partial charge on any atom is -0.367 e. The summed E-state index contributed by atoms with van der Waals surface area (Å²) in [5.74, 6) is 0.712. The predicted molar refractivity (Wildman–Crippen MR) is 83.7 cm³/mol. The maximum atomic E-state index is 4.25. The molecule has 1 aliphatic rings. The van der Waals surface area contributed by atoms with Gasteiger partial charge in [0.15, 0.2) is 0 Å². The lowest BCUT2D eigenvalue weighted by molar-refractivity contribution is 0.392. The van der Waals surface area contributed by atoms with Crippen LogP contribution in [-0.4, -0.2) is 18.0 Å². The molecule has 1 fully saturated rings. The van der Waals surface area contributed by atoms with Crippen molar-refractivity contribution >= 4 is 6.08 Å². The van der Waals surface area contributed by atoms with Crippen LogP contribution in [0, 0.1) is 5.92 Å². The second kappa shape index (κ2) is 6.42. The summed E-state index contributed by atoms with van der Waals surface area (Å²) in [5.41, 5.74) is 3.89. The molecule has 0 bridgehead atoms. The molecule has 0 atom stereocenters. The Balaban J connectivity index is 2.01. The van der Waals surface area contributed by atoms with Crippen LogP contribution in [0.5, 0.6) is 0 Å². The summed E-state index contributed by atoms with van der Waals surface area (Å²) in [7, 11) is 0. The van der Waals surface area contributed by atoms with E-state index in [9.17, 15) is 0 Å². The Bertz CT molecular complexity index is 466. The molecule has 1 aliphatic carbocycles.